The van der Waals surface area contributed by atoms with Gasteiger partial charge in [-0.2, -0.15) is 5.21 Å². The molecule has 0 unspecified atom stereocenters. The zero-order valence-electron chi connectivity index (χ0n) is 9.14. The van der Waals surface area contributed by atoms with Crippen LogP contribution in [0.1, 0.15) is 24.3 Å². The molecule has 1 aliphatic carbocycles. The maximum absolute atomic E-state index is 4.07. The average Bonchev–Trinajstić information content (AvgIpc) is 2.94. The number of benzene rings is 1. The first-order valence-corrected chi connectivity index (χ1v) is 5.78. The highest BCUT2D eigenvalue weighted by Gasteiger charge is 2.30. The van der Waals surface area contributed by atoms with E-state index >= 15 is 0 Å². The Hall–Kier alpha value is -2.17. The molecule has 2 aromatic heterocycles. The number of H-pyrrole nitrogens is 2. The predicted octanol–water partition coefficient (Wildman–Crippen LogP) is 2.23. The fourth-order valence-corrected chi connectivity index (χ4v) is 2.40. The van der Waals surface area contributed by atoms with Crippen molar-refractivity contribution in [3.05, 3.63) is 29.8 Å². The van der Waals surface area contributed by atoms with Gasteiger partial charge >= 0.3 is 0 Å². The zero-order valence-corrected chi connectivity index (χ0v) is 9.14. The van der Waals surface area contributed by atoms with Crippen molar-refractivity contribution in [2.24, 2.45) is 0 Å². The summed E-state index contributed by atoms with van der Waals surface area (Å²) in [6, 6.07) is 8.35. The first-order valence-electron chi connectivity index (χ1n) is 5.78. The van der Waals surface area contributed by atoms with Crippen molar-refractivity contribution in [1.29, 1.82) is 0 Å². The molecule has 0 bridgehead atoms. The minimum atomic E-state index is 0.652. The summed E-state index contributed by atoms with van der Waals surface area (Å²) in [7, 11) is 0. The van der Waals surface area contributed by atoms with E-state index in [2.05, 4.69) is 43.8 Å². The Morgan fingerprint density at radius 1 is 1.18 bits per heavy atom. The van der Waals surface area contributed by atoms with Crippen LogP contribution in [0.4, 0.5) is 0 Å². The van der Waals surface area contributed by atoms with Crippen molar-refractivity contribution in [2.45, 2.75) is 18.8 Å². The lowest BCUT2D eigenvalue weighted by atomic mass is 10.1. The Labute approximate surface area is 97.2 Å². The monoisotopic (exact) mass is 225 g/mol. The van der Waals surface area contributed by atoms with Gasteiger partial charge in [0.25, 0.3) is 0 Å². The van der Waals surface area contributed by atoms with Gasteiger partial charge in [0, 0.05) is 10.9 Å². The second kappa shape index (κ2) is 3.16. The van der Waals surface area contributed by atoms with Crippen LogP contribution in [0.25, 0.3) is 22.4 Å². The van der Waals surface area contributed by atoms with Gasteiger partial charge in [0.05, 0.1) is 5.69 Å². The van der Waals surface area contributed by atoms with Crippen LogP contribution in [-0.2, 0) is 0 Å². The largest absolute Gasteiger partial charge is 0.352 e. The smallest absolute Gasteiger partial charge is 0.221 e. The topological polar surface area (TPSA) is 70.2 Å². The molecule has 1 saturated carbocycles. The van der Waals surface area contributed by atoms with E-state index in [1.165, 1.54) is 23.8 Å². The molecular weight excluding hydrogens is 214 g/mol. The summed E-state index contributed by atoms with van der Waals surface area (Å²) in [5, 5.41) is 15.6. The Balaban J connectivity index is 2.05. The number of para-hydroxylation sites is 1. The molecule has 4 rings (SSSR count). The second-order valence-electron chi connectivity index (χ2n) is 4.47. The van der Waals surface area contributed by atoms with Gasteiger partial charge in [0.15, 0.2) is 0 Å². The third kappa shape index (κ3) is 1.28. The fraction of sp³-hybridized carbons (Fsp3) is 0.250. The quantitative estimate of drug-likeness (QED) is 0.702. The van der Waals surface area contributed by atoms with Gasteiger partial charge in [0.2, 0.25) is 5.82 Å². The van der Waals surface area contributed by atoms with Crippen molar-refractivity contribution >= 4 is 10.9 Å². The molecule has 2 N–H and O–H groups in total. The molecule has 2 heterocycles. The normalized spacial score (nSPS) is 15.5. The van der Waals surface area contributed by atoms with E-state index in [1.807, 2.05) is 6.07 Å². The van der Waals surface area contributed by atoms with Gasteiger partial charge in [-0.3, -0.25) is 0 Å². The van der Waals surface area contributed by atoms with Crippen LogP contribution < -0.4 is 0 Å². The number of hydrogen-bond acceptors (Lipinski definition) is 3. The maximum Gasteiger partial charge on any atom is 0.221 e. The van der Waals surface area contributed by atoms with E-state index < -0.39 is 0 Å². The van der Waals surface area contributed by atoms with Crippen molar-refractivity contribution in [3.8, 4) is 11.5 Å². The minimum Gasteiger partial charge on any atom is -0.352 e. The molecule has 5 nitrogen and oxygen atoms in total. The van der Waals surface area contributed by atoms with E-state index in [9.17, 15) is 0 Å². The molecule has 3 aromatic rings. The van der Waals surface area contributed by atoms with Crippen LogP contribution in [0, 0.1) is 0 Å². The fourth-order valence-electron chi connectivity index (χ4n) is 2.40. The van der Waals surface area contributed by atoms with E-state index in [0.717, 1.165) is 11.2 Å². The van der Waals surface area contributed by atoms with Gasteiger partial charge in [0.1, 0.15) is 0 Å². The highest BCUT2D eigenvalue weighted by atomic mass is 15.5. The third-order valence-corrected chi connectivity index (χ3v) is 3.30. The molecule has 1 aromatic carbocycles. The van der Waals surface area contributed by atoms with Gasteiger partial charge in [-0.1, -0.05) is 18.2 Å². The van der Waals surface area contributed by atoms with Gasteiger partial charge in [-0.15, -0.1) is 10.2 Å². The first kappa shape index (κ1) is 8.92. The van der Waals surface area contributed by atoms with E-state index in [0.29, 0.717) is 11.7 Å². The summed E-state index contributed by atoms with van der Waals surface area (Å²) >= 11 is 0. The van der Waals surface area contributed by atoms with Gasteiger partial charge in [-0.25, -0.2) is 0 Å². The van der Waals surface area contributed by atoms with Crippen molar-refractivity contribution in [3.63, 3.8) is 0 Å². The van der Waals surface area contributed by atoms with Crippen LogP contribution in [0.15, 0.2) is 24.3 Å². The van der Waals surface area contributed by atoms with Crippen LogP contribution >= 0.6 is 0 Å². The molecule has 0 amide bonds. The Morgan fingerprint density at radius 3 is 2.82 bits per heavy atom. The molecule has 0 saturated heterocycles. The number of fused-ring (bicyclic) bond motifs is 1. The summed E-state index contributed by atoms with van der Waals surface area (Å²) in [6.07, 6.45) is 2.51. The Bertz CT molecular complexity index is 663. The Kier molecular flexibility index (Phi) is 1.66. The molecule has 0 radical (unpaired) electrons. The molecule has 5 heteroatoms. The van der Waals surface area contributed by atoms with Crippen LogP contribution in [0.2, 0.25) is 0 Å². The van der Waals surface area contributed by atoms with Crippen LogP contribution in [0.5, 0.6) is 0 Å². The number of nitrogens with one attached hydrogen (secondary N) is 2. The van der Waals surface area contributed by atoms with Crippen molar-refractivity contribution < 1.29 is 0 Å². The van der Waals surface area contributed by atoms with Crippen LogP contribution in [-0.4, -0.2) is 25.6 Å². The maximum atomic E-state index is 4.07. The number of hydrogen-bond donors (Lipinski definition) is 2. The predicted molar refractivity (Wildman–Crippen MR) is 63.4 cm³/mol. The number of tetrazole rings is 1. The lowest BCUT2D eigenvalue weighted by Crippen LogP contribution is -1.86. The average molecular weight is 225 g/mol. The number of aromatic nitrogens is 5. The highest BCUT2D eigenvalue weighted by Crippen LogP contribution is 2.47. The molecule has 1 fully saturated rings. The molecule has 0 atom stereocenters. The summed E-state index contributed by atoms with van der Waals surface area (Å²) in [6.45, 7) is 0. The van der Waals surface area contributed by atoms with E-state index in [1.54, 1.807) is 0 Å². The van der Waals surface area contributed by atoms with Crippen molar-refractivity contribution in [2.75, 3.05) is 0 Å². The molecule has 1 aliphatic rings. The molecule has 17 heavy (non-hydrogen) atoms. The minimum absolute atomic E-state index is 0.652. The van der Waals surface area contributed by atoms with Gasteiger partial charge in [-0.05, 0) is 35.6 Å². The summed E-state index contributed by atoms with van der Waals surface area (Å²) in [5.41, 5.74) is 3.51. The lowest BCUT2D eigenvalue weighted by Gasteiger charge is -1.97. The van der Waals surface area contributed by atoms with Crippen molar-refractivity contribution in [1.82, 2.24) is 25.6 Å². The SMILES string of the molecule is c1ccc2c(C3CC3)c(-c3nn[nH]n3)[nH]c2c1. The van der Waals surface area contributed by atoms with Crippen LogP contribution in [0.3, 0.4) is 0 Å². The third-order valence-electron chi connectivity index (χ3n) is 3.30. The van der Waals surface area contributed by atoms with E-state index in [-0.39, 0.29) is 0 Å². The van der Waals surface area contributed by atoms with Gasteiger partial charge < -0.3 is 4.98 Å². The Morgan fingerprint density at radius 2 is 2.06 bits per heavy atom. The molecule has 0 aliphatic heterocycles. The standard InChI is InChI=1S/C12H11N5/c1-2-4-9-8(3-1)10(7-5-6-7)11(13-9)12-14-16-17-15-12/h1-4,7,13H,5-6H2,(H,14,15,16,17). The highest BCUT2D eigenvalue weighted by molar-refractivity contribution is 5.90. The number of aromatic amines is 2. The molecule has 84 valence electrons. The lowest BCUT2D eigenvalue weighted by molar-refractivity contribution is 0.881. The summed E-state index contributed by atoms with van der Waals surface area (Å²) < 4.78 is 0. The zero-order chi connectivity index (χ0) is 11.2. The van der Waals surface area contributed by atoms with E-state index in [4.69, 9.17) is 0 Å². The molecule has 0 spiro atoms. The first-order chi connectivity index (χ1) is 8.43. The summed E-state index contributed by atoms with van der Waals surface area (Å²) in [4.78, 5) is 3.40. The number of nitrogens with zero attached hydrogens (tertiary/aromatic N) is 3. The second-order valence-corrected chi connectivity index (χ2v) is 4.47. The number of rotatable bonds is 2. The summed E-state index contributed by atoms with van der Waals surface area (Å²) in [5.74, 6) is 1.31. The molecular formula is C12H11N5.